The van der Waals surface area contributed by atoms with Gasteiger partial charge < -0.3 is 15.0 Å². The van der Waals surface area contributed by atoms with Crippen molar-refractivity contribution in [2.75, 3.05) is 5.73 Å². The Morgan fingerprint density at radius 1 is 1.47 bits per heavy atom. The molecule has 1 heterocycles. The Morgan fingerprint density at radius 3 is 2.74 bits per heavy atom. The number of hydrogen-bond acceptors (Lipinski definition) is 5. The quantitative estimate of drug-likeness (QED) is 0.874. The number of benzene rings is 1. The van der Waals surface area contributed by atoms with Crippen LogP contribution in [0, 0.1) is 6.92 Å². The minimum atomic E-state index is -0.580. The Labute approximate surface area is 115 Å². The summed E-state index contributed by atoms with van der Waals surface area (Å²) in [6.07, 6.45) is -0.491. The van der Waals surface area contributed by atoms with Gasteiger partial charge in [0.05, 0.1) is 5.69 Å². The monoisotopic (exact) mass is 280 g/mol. The van der Waals surface area contributed by atoms with Crippen LogP contribution in [0.3, 0.4) is 0 Å². The van der Waals surface area contributed by atoms with Gasteiger partial charge in [-0.1, -0.05) is 35.0 Å². The second-order valence-electron chi connectivity index (χ2n) is 4.08. The molecule has 0 spiro atoms. The molecule has 0 bridgehead atoms. The van der Waals surface area contributed by atoms with Crippen LogP contribution in [0.4, 0.5) is 5.88 Å². The second-order valence-corrected chi connectivity index (χ2v) is 4.48. The second kappa shape index (κ2) is 5.32. The highest BCUT2D eigenvalue weighted by atomic mass is 35.5. The zero-order chi connectivity index (χ0) is 14.0. The van der Waals surface area contributed by atoms with Crippen LogP contribution in [0.5, 0.6) is 0 Å². The van der Waals surface area contributed by atoms with E-state index in [1.807, 2.05) is 12.1 Å². The molecule has 1 aromatic heterocycles. The van der Waals surface area contributed by atoms with Crippen LogP contribution in [-0.2, 0) is 4.74 Å². The molecule has 0 aliphatic heterocycles. The number of anilines is 1. The van der Waals surface area contributed by atoms with Gasteiger partial charge in [0.1, 0.15) is 11.7 Å². The summed E-state index contributed by atoms with van der Waals surface area (Å²) in [4.78, 5) is 12.0. The van der Waals surface area contributed by atoms with Gasteiger partial charge in [-0.25, -0.2) is 4.79 Å². The highest BCUT2D eigenvalue weighted by Gasteiger charge is 2.23. The first-order chi connectivity index (χ1) is 9.00. The maximum Gasteiger partial charge on any atom is 0.346 e. The SMILES string of the molecule is Cc1noc(N)c1C(=O)O[C@@H](C)c1ccccc1Cl. The van der Waals surface area contributed by atoms with Crippen molar-refractivity contribution in [3.05, 3.63) is 46.1 Å². The van der Waals surface area contributed by atoms with E-state index in [0.717, 1.165) is 5.56 Å². The number of carbonyl (C=O) groups is 1. The van der Waals surface area contributed by atoms with Crippen LogP contribution < -0.4 is 5.73 Å². The molecule has 0 unspecified atom stereocenters. The number of aromatic nitrogens is 1. The molecule has 1 atom stereocenters. The smallest absolute Gasteiger partial charge is 0.346 e. The molecule has 0 fully saturated rings. The Bertz CT molecular complexity index is 590. The third-order valence-corrected chi connectivity index (χ3v) is 3.06. The van der Waals surface area contributed by atoms with Crippen molar-refractivity contribution in [2.24, 2.45) is 0 Å². The van der Waals surface area contributed by atoms with E-state index in [2.05, 4.69) is 5.16 Å². The van der Waals surface area contributed by atoms with E-state index >= 15 is 0 Å². The summed E-state index contributed by atoms with van der Waals surface area (Å²) in [5.74, 6) is -0.627. The predicted octanol–water partition coefficient (Wildman–Crippen LogP) is 3.14. The third kappa shape index (κ3) is 2.71. The standard InChI is InChI=1S/C13H13ClN2O3/c1-7-11(12(15)19-16-7)13(17)18-8(2)9-5-3-4-6-10(9)14/h3-6,8H,15H2,1-2H3/t8-/m0/s1. The fraction of sp³-hybridized carbons (Fsp3) is 0.231. The number of halogens is 1. The summed E-state index contributed by atoms with van der Waals surface area (Å²) in [6.45, 7) is 3.36. The molecule has 1 aromatic carbocycles. The molecule has 2 rings (SSSR count). The summed E-state index contributed by atoms with van der Waals surface area (Å²) in [7, 11) is 0. The van der Waals surface area contributed by atoms with Crippen LogP contribution in [-0.4, -0.2) is 11.1 Å². The fourth-order valence-corrected chi connectivity index (χ4v) is 2.01. The minimum absolute atomic E-state index is 0.0474. The molecule has 5 nitrogen and oxygen atoms in total. The molecule has 6 heteroatoms. The summed E-state index contributed by atoms with van der Waals surface area (Å²) < 4.78 is 10.0. The van der Waals surface area contributed by atoms with Crippen LogP contribution >= 0.6 is 11.6 Å². The summed E-state index contributed by atoms with van der Waals surface area (Å²) in [5, 5.41) is 4.15. The van der Waals surface area contributed by atoms with Gasteiger partial charge in [0, 0.05) is 10.6 Å². The first kappa shape index (κ1) is 13.4. The Hall–Kier alpha value is -2.01. The lowest BCUT2D eigenvalue weighted by Gasteiger charge is -2.14. The van der Waals surface area contributed by atoms with Crippen molar-refractivity contribution in [1.82, 2.24) is 5.16 Å². The van der Waals surface area contributed by atoms with E-state index in [1.165, 1.54) is 0 Å². The number of nitrogens with two attached hydrogens (primary N) is 1. The fourth-order valence-electron chi connectivity index (χ4n) is 1.72. The highest BCUT2D eigenvalue weighted by Crippen LogP contribution is 2.27. The van der Waals surface area contributed by atoms with Gasteiger partial charge in [0.15, 0.2) is 0 Å². The molecule has 2 aromatic rings. The molecular formula is C13H13ClN2O3. The first-order valence-corrected chi connectivity index (χ1v) is 6.05. The molecule has 0 radical (unpaired) electrons. The molecule has 100 valence electrons. The van der Waals surface area contributed by atoms with E-state index in [9.17, 15) is 4.79 Å². The van der Waals surface area contributed by atoms with Gasteiger partial charge in [0.2, 0.25) is 5.88 Å². The lowest BCUT2D eigenvalue weighted by molar-refractivity contribution is 0.0338. The molecule has 0 amide bonds. The van der Waals surface area contributed by atoms with Crippen molar-refractivity contribution in [3.63, 3.8) is 0 Å². The maximum absolute atomic E-state index is 12.0. The van der Waals surface area contributed by atoms with E-state index < -0.39 is 12.1 Å². The third-order valence-electron chi connectivity index (χ3n) is 2.72. The van der Waals surface area contributed by atoms with Crippen molar-refractivity contribution in [3.8, 4) is 0 Å². The first-order valence-electron chi connectivity index (χ1n) is 5.68. The number of nitrogen functional groups attached to an aromatic ring is 1. The van der Waals surface area contributed by atoms with Crippen LogP contribution in [0.25, 0.3) is 0 Å². The molecular weight excluding hydrogens is 268 g/mol. The zero-order valence-electron chi connectivity index (χ0n) is 10.5. The Morgan fingerprint density at radius 2 is 2.16 bits per heavy atom. The van der Waals surface area contributed by atoms with Crippen molar-refractivity contribution in [1.29, 1.82) is 0 Å². The van der Waals surface area contributed by atoms with E-state index in [0.29, 0.717) is 10.7 Å². The Kier molecular flexibility index (Phi) is 3.76. The number of nitrogens with zero attached hydrogens (tertiary/aromatic N) is 1. The largest absolute Gasteiger partial charge is 0.454 e. The average molecular weight is 281 g/mol. The predicted molar refractivity (Wildman–Crippen MR) is 70.9 cm³/mol. The van der Waals surface area contributed by atoms with Crippen LogP contribution in [0.2, 0.25) is 5.02 Å². The van der Waals surface area contributed by atoms with Crippen molar-refractivity contribution < 1.29 is 14.1 Å². The van der Waals surface area contributed by atoms with Crippen LogP contribution in [0.1, 0.15) is 34.6 Å². The molecule has 0 aliphatic carbocycles. The van der Waals surface area contributed by atoms with Gasteiger partial charge in [-0.3, -0.25) is 0 Å². The number of aryl methyl sites for hydroxylation is 1. The number of ether oxygens (including phenoxy) is 1. The molecule has 0 saturated heterocycles. The maximum atomic E-state index is 12.0. The number of hydrogen-bond donors (Lipinski definition) is 1. The summed E-state index contributed by atoms with van der Waals surface area (Å²) in [5.41, 5.74) is 6.81. The van der Waals surface area contributed by atoms with E-state index in [4.69, 9.17) is 26.6 Å². The van der Waals surface area contributed by atoms with E-state index in [-0.39, 0.29) is 11.4 Å². The van der Waals surface area contributed by atoms with E-state index in [1.54, 1.807) is 26.0 Å². The normalized spacial score (nSPS) is 12.2. The summed E-state index contributed by atoms with van der Waals surface area (Å²) >= 11 is 6.04. The number of esters is 1. The number of carbonyl (C=O) groups excluding carboxylic acids is 1. The zero-order valence-corrected chi connectivity index (χ0v) is 11.3. The van der Waals surface area contributed by atoms with Gasteiger partial charge in [-0.15, -0.1) is 0 Å². The number of rotatable bonds is 3. The topological polar surface area (TPSA) is 78.4 Å². The van der Waals surface area contributed by atoms with Crippen LogP contribution in [0.15, 0.2) is 28.8 Å². The highest BCUT2D eigenvalue weighted by molar-refractivity contribution is 6.31. The molecule has 2 N–H and O–H groups in total. The molecule has 0 saturated carbocycles. The molecule has 19 heavy (non-hydrogen) atoms. The lowest BCUT2D eigenvalue weighted by Crippen LogP contribution is -2.11. The summed E-state index contributed by atoms with van der Waals surface area (Å²) in [6, 6.07) is 7.16. The van der Waals surface area contributed by atoms with Gasteiger partial charge in [-0.05, 0) is 19.9 Å². The Balaban J connectivity index is 2.18. The van der Waals surface area contributed by atoms with Crippen molar-refractivity contribution in [2.45, 2.75) is 20.0 Å². The average Bonchev–Trinajstić information content (AvgIpc) is 2.69. The molecule has 0 aliphatic rings. The minimum Gasteiger partial charge on any atom is -0.454 e. The van der Waals surface area contributed by atoms with Gasteiger partial charge in [-0.2, -0.15) is 0 Å². The lowest BCUT2D eigenvalue weighted by atomic mass is 10.1. The van der Waals surface area contributed by atoms with Crippen molar-refractivity contribution >= 4 is 23.5 Å². The van der Waals surface area contributed by atoms with Gasteiger partial charge in [0.25, 0.3) is 0 Å². The van der Waals surface area contributed by atoms with Gasteiger partial charge >= 0.3 is 5.97 Å².